The average Bonchev–Trinajstić information content (AvgIpc) is 3.09. The van der Waals surface area contributed by atoms with Crippen LogP contribution in [0.1, 0.15) is 51.5 Å². The van der Waals surface area contributed by atoms with E-state index in [4.69, 9.17) is 5.41 Å². The number of amides is 1. The molecule has 1 aliphatic carbocycles. The van der Waals surface area contributed by atoms with E-state index < -0.39 is 10.0 Å². The molecular formula is C22H34N4O3S. The van der Waals surface area contributed by atoms with Crippen LogP contribution in [0.4, 0.5) is 0 Å². The van der Waals surface area contributed by atoms with Crippen LogP contribution in [0.15, 0.2) is 29.2 Å². The van der Waals surface area contributed by atoms with Gasteiger partial charge in [0.25, 0.3) is 10.0 Å². The van der Waals surface area contributed by atoms with Crippen molar-refractivity contribution in [1.29, 1.82) is 5.41 Å². The van der Waals surface area contributed by atoms with Gasteiger partial charge in [0.05, 0.1) is 11.4 Å². The summed E-state index contributed by atoms with van der Waals surface area (Å²) >= 11 is 0. The van der Waals surface area contributed by atoms with Gasteiger partial charge in [0.2, 0.25) is 11.9 Å². The summed E-state index contributed by atoms with van der Waals surface area (Å²) in [6.07, 6.45) is 6.14. The van der Waals surface area contributed by atoms with Crippen molar-refractivity contribution in [2.24, 2.45) is 11.8 Å². The van der Waals surface area contributed by atoms with E-state index in [1.54, 1.807) is 24.3 Å². The quantitative estimate of drug-likeness (QED) is 0.658. The van der Waals surface area contributed by atoms with Crippen LogP contribution >= 0.6 is 0 Å². The van der Waals surface area contributed by atoms with Crippen molar-refractivity contribution < 1.29 is 13.2 Å². The zero-order chi connectivity index (χ0) is 21.7. The molecule has 0 spiro atoms. The van der Waals surface area contributed by atoms with E-state index in [1.807, 2.05) is 4.90 Å². The molecule has 0 radical (unpaired) electrons. The predicted octanol–water partition coefficient (Wildman–Crippen LogP) is 2.82. The van der Waals surface area contributed by atoms with Crippen molar-refractivity contribution in [2.45, 2.75) is 57.3 Å². The van der Waals surface area contributed by atoms with Gasteiger partial charge < -0.3 is 10.2 Å². The zero-order valence-electron chi connectivity index (χ0n) is 18.1. The van der Waals surface area contributed by atoms with Gasteiger partial charge in [-0.1, -0.05) is 45.2 Å². The second-order valence-electron chi connectivity index (χ2n) is 8.76. The van der Waals surface area contributed by atoms with Crippen LogP contribution in [-0.4, -0.2) is 55.7 Å². The molecule has 1 saturated heterocycles. The first-order valence-corrected chi connectivity index (χ1v) is 12.5. The molecule has 7 nitrogen and oxygen atoms in total. The van der Waals surface area contributed by atoms with E-state index in [0.29, 0.717) is 38.5 Å². The molecule has 1 saturated carbocycles. The van der Waals surface area contributed by atoms with Crippen molar-refractivity contribution in [3.05, 3.63) is 29.8 Å². The standard InChI is InChI=1S/C22H34N4O3S/c1-17(2)16-25-14-15-26(22(25)23)30(28,29)20-10-8-18(9-11-20)12-13-24-21(27)19-6-4-3-5-7-19/h8-11,17,19,23H,3-7,12-16H2,1-2H3,(H,24,27). The van der Waals surface area contributed by atoms with E-state index in [-0.39, 0.29) is 22.7 Å². The summed E-state index contributed by atoms with van der Waals surface area (Å²) in [7, 11) is -3.72. The van der Waals surface area contributed by atoms with Gasteiger partial charge in [-0.25, -0.2) is 12.7 Å². The molecule has 30 heavy (non-hydrogen) atoms. The third-order valence-corrected chi connectivity index (χ3v) is 7.70. The second-order valence-corrected chi connectivity index (χ2v) is 10.6. The lowest BCUT2D eigenvalue weighted by Gasteiger charge is -2.23. The van der Waals surface area contributed by atoms with Crippen molar-refractivity contribution in [2.75, 3.05) is 26.2 Å². The maximum Gasteiger partial charge on any atom is 0.266 e. The minimum atomic E-state index is -3.72. The molecule has 2 aliphatic rings. The summed E-state index contributed by atoms with van der Waals surface area (Å²) in [6, 6.07) is 6.80. The Balaban J connectivity index is 1.54. The lowest BCUT2D eigenvalue weighted by molar-refractivity contribution is -0.125. The third kappa shape index (κ3) is 5.33. The van der Waals surface area contributed by atoms with E-state index in [2.05, 4.69) is 19.2 Å². The Morgan fingerprint density at radius 2 is 1.80 bits per heavy atom. The summed E-state index contributed by atoms with van der Waals surface area (Å²) < 4.78 is 27.1. The Morgan fingerprint density at radius 1 is 1.13 bits per heavy atom. The summed E-state index contributed by atoms with van der Waals surface area (Å²) in [5, 5.41) is 11.3. The van der Waals surface area contributed by atoms with Crippen LogP contribution in [-0.2, 0) is 21.2 Å². The number of hydrogen-bond donors (Lipinski definition) is 2. The fraction of sp³-hybridized carbons (Fsp3) is 0.636. The van der Waals surface area contributed by atoms with Gasteiger partial charge in [-0.3, -0.25) is 10.2 Å². The smallest absolute Gasteiger partial charge is 0.266 e. The van der Waals surface area contributed by atoms with Crippen molar-refractivity contribution in [3.8, 4) is 0 Å². The van der Waals surface area contributed by atoms with Gasteiger partial charge in [0.15, 0.2) is 0 Å². The molecule has 8 heteroatoms. The van der Waals surface area contributed by atoms with E-state index in [9.17, 15) is 13.2 Å². The number of rotatable bonds is 8. The van der Waals surface area contributed by atoms with Crippen LogP contribution in [0, 0.1) is 17.2 Å². The molecule has 3 rings (SSSR count). The largest absolute Gasteiger partial charge is 0.356 e. The molecule has 1 aromatic rings. The lowest BCUT2D eigenvalue weighted by Crippen LogP contribution is -2.38. The molecule has 0 bridgehead atoms. The van der Waals surface area contributed by atoms with Crippen LogP contribution in [0.3, 0.4) is 0 Å². The van der Waals surface area contributed by atoms with E-state index >= 15 is 0 Å². The Morgan fingerprint density at radius 3 is 2.43 bits per heavy atom. The number of nitrogens with one attached hydrogen (secondary N) is 2. The number of carbonyl (C=O) groups is 1. The van der Waals surface area contributed by atoms with Crippen LogP contribution in [0.5, 0.6) is 0 Å². The molecule has 0 atom stereocenters. The fourth-order valence-corrected chi connectivity index (χ4v) is 5.63. The Bertz CT molecular complexity index is 846. The second kappa shape index (κ2) is 9.81. The Hall–Kier alpha value is -2.09. The predicted molar refractivity (Wildman–Crippen MR) is 118 cm³/mol. The highest BCUT2D eigenvalue weighted by Gasteiger charge is 2.35. The first kappa shape index (κ1) is 22.6. The van der Waals surface area contributed by atoms with Gasteiger partial charge in [-0.2, -0.15) is 0 Å². The van der Waals surface area contributed by atoms with Crippen molar-refractivity contribution >= 4 is 21.9 Å². The highest BCUT2D eigenvalue weighted by Crippen LogP contribution is 2.24. The van der Waals surface area contributed by atoms with Gasteiger partial charge in [-0.15, -0.1) is 0 Å². The molecule has 1 heterocycles. The number of guanidine groups is 1. The van der Waals surface area contributed by atoms with E-state index in [1.165, 1.54) is 10.7 Å². The highest BCUT2D eigenvalue weighted by atomic mass is 32.2. The minimum Gasteiger partial charge on any atom is -0.356 e. The Labute approximate surface area is 180 Å². The first-order chi connectivity index (χ1) is 14.3. The molecule has 1 amide bonds. The van der Waals surface area contributed by atoms with Gasteiger partial charge >= 0.3 is 0 Å². The van der Waals surface area contributed by atoms with Crippen molar-refractivity contribution in [1.82, 2.24) is 14.5 Å². The molecule has 0 aromatic heterocycles. The monoisotopic (exact) mass is 434 g/mol. The molecule has 0 unspecified atom stereocenters. The maximum atomic E-state index is 13.0. The number of hydrogen-bond acceptors (Lipinski definition) is 4. The van der Waals surface area contributed by atoms with Gasteiger partial charge in [0.1, 0.15) is 0 Å². The van der Waals surface area contributed by atoms with Crippen LogP contribution in [0.2, 0.25) is 0 Å². The van der Waals surface area contributed by atoms with E-state index in [0.717, 1.165) is 31.2 Å². The molecular weight excluding hydrogens is 400 g/mol. The molecule has 2 fully saturated rings. The number of nitrogens with zero attached hydrogens (tertiary/aromatic N) is 2. The first-order valence-electron chi connectivity index (χ1n) is 11.0. The number of benzene rings is 1. The summed E-state index contributed by atoms with van der Waals surface area (Å²) in [5.41, 5.74) is 0.982. The number of sulfonamides is 1. The van der Waals surface area contributed by atoms with Crippen LogP contribution in [0.25, 0.3) is 0 Å². The molecule has 2 N–H and O–H groups in total. The van der Waals surface area contributed by atoms with Crippen molar-refractivity contribution in [3.63, 3.8) is 0 Å². The SMILES string of the molecule is CC(C)CN1CCN(S(=O)(=O)c2ccc(CCNC(=O)C3CCCCC3)cc2)C1=N. The maximum absolute atomic E-state index is 13.0. The summed E-state index contributed by atoms with van der Waals surface area (Å²) in [6.45, 7) is 6.21. The molecule has 1 aliphatic heterocycles. The number of carbonyl (C=O) groups excluding carboxylic acids is 1. The Kier molecular flexibility index (Phi) is 7.39. The summed E-state index contributed by atoms with van der Waals surface area (Å²) in [5.74, 6) is 0.716. The fourth-order valence-electron chi connectivity index (χ4n) is 4.23. The van der Waals surface area contributed by atoms with Gasteiger partial charge in [0, 0.05) is 25.6 Å². The molecule has 166 valence electrons. The minimum absolute atomic E-state index is 0.0539. The summed E-state index contributed by atoms with van der Waals surface area (Å²) in [4.78, 5) is 14.2. The molecule has 1 aromatic carbocycles. The lowest BCUT2D eigenvalue weighted by atomic mass is 9.88. The highest BCUT2D eigenvalue weighted by molar-refractivity contribution is 7.89. The zero-order valence-corrected chi connectivity index (χ0v) is 18.9. The normalized spacial score (nSPS) is 18.3. The van der Waals surface area contributed by atoms with Crippen LogP contribution < -0.4 is 5.32 Å². The topological polar surface area (TPSA) is 93.6 Å². The average molecular weight is 435 g/mol. The third-order valence-electron chi connectivity index (χ3n) is 5.89. The van der Waals surface area contributed by atoms with Gasteiger partial charge in [-0.05, 0) is 42.9 Å².